The molecule has 0 aliphatic carbocycles. The van der Waals surface area contributed by atoms with Crippen molar-refractivity contribution < 1.29 is 0 Å². The number of anilines is 1. The van der Waals surface area contributed by atoms with E-state index in [9.17, 15) is 0 Å². The molecule has 1 heterocycles. The van der Waals surface area contributed by atoms with Gasteiger partial charge in [-0.05, 0) is 20.0 Å². The van der Waals surface area contributed by atoms with Crippen molar-refractivity contribution >= 4 is 16.6 Å². The molecule has 1 aromatic heterocycles. The van der Waals surface area contributed by atoms with Gasteiger partial charge in [-0.3, -0.25) is 4.98 Å². The van der Waals surface area contributed by atoms with Crippen LogP contribution in [0.15, 0.2) is 24.3 Å². The van der Waals surface area contributed by atoms with Gasteiger partial charge in [0, 0.05) is 37.3 Å². The van der Waals surface area contributed by atoms with Crippen LogP contribution in [0.5, 0.6) is 0 Å². The van der Waals surface area contributed by atoms with E-state index in [2.05, 4.69) is 54.4 Å². The Morgan fingerprint density at radius 2 is 1.94 bits per heavy atom. The highest BCUT2D eigenvalue weighted by Crippen LogP contribution is 2.30. The Balaban J connectivity index is 2.78. The fourth-order valence-corrected chi connectivity index (χ4v) is 2.25. The van der Waals surface area contributed by atoms with Gasteiger partial charge in [0.2, 0.25) is 0 Å². The SMILES string of the molecule is CNCc1c(C)nc2ccccc2c1N(C)C. The van der Waals surface area contributed by atoms with Crippen LogP contribution >= 0.6 is 0 Å². The summed E-state index contributed by atoms with van der Waals surface area (Å²) in [5, 5.41) is 4.43. The Bertz CT molecular complexity index is 532. The average molecular weight is 229 g/mol. The van der Waals surface area contributed by atoms with Gasteiger partial charge in [0.15, 0.2) is 0 Å². The molecular weight excluding hydrogens is 210 g/mol. The first-order chi connectivity index (χ1) is 8.15. The molecule has 0 saturated carbocycles. The highest BCUT2D eigenvalue weighted by atomic mass is 15.1. The molecule has 2 aromatic rings. The number of pyridine rings is 1. The molecule has 3 heteroatoms. The van der Waals surface area contributed by atoms with Crippen molar-refractivity contribution in [2.75, 3.05) is 26.0 Å². The molecule has 1 N–H and O–H groups in total. The van der Waals surface area contributed by atoms with E-state index in [-0.39, 0.29) is 0 Å². The number of rotatable bonds is 3. The molecule has 0 fully saturated rings. The second-order valence-electron chi connectivity index (χ2n) is 4.47. The molecule has 0 aliphatic rings. The van der Waals surface area contributed by atoms with E-state index >= 15 is 0 Å². The Labute approximate surface area is 102 Å². The maximum Gasteiger partial charge on any atom is 0.0726 e. The van der Waals surface area contributed by atoms with Crippen LogP contribution in [-0.4, -0.2) is 26.1 Å². The van der Waals surface area contributed by atoms with Crippen LogP contribution in [-0.2, 0) is 6.54 Å². The monoisotopic (exact) mass is 229 g/mol. The van der Waals surface area contributed by atoms with Gasteiger partial charge in [-0.15, -0.1) is 0 Å². The molecule has 90 valence electrons. The second-order valence-corrected chi connectivity index (χ2v) is 4.47. The maximum absolute atomic E-state index is 4.67. The van der Waals surface area contributed by atoms with Crippen LogP contribution in [0, 0.1) is 6.92 Å². The van der Waals surface area contributed by atoms with Gasteiger partial charge in [0.25, 0.3) is 0 Å². The van der Waals surface area contributed by atoms with Crippen LogP contribution in [0.1, 0.15) is 11.3 Å². The highest BCUT2D eigenvalue weighted by molar-refractivity contribution is 5.93. The lowest BCUT2D eigenvalue weighted by molar-refractivity contribution is 0.804. The standard InChI is InChI=1S/C14H19N3/c1-10-12(9-15-2)14(17(3)4)11-7-5-6-8-13(11)16-10/h5-8,15H,9H2,1-4H3. The van der Waals surface area contributed by atoms with Crippen LogP contribution in [0.25, 0.3) is 10.9 Å². The van der Waals surface area contributed by atoms with Gasteiger partial charge in [-0.25, -0.2) is 0 Å². The Morgan fingerprint density at radius 1 is 1.24 bits per heavy atom. The van der Waals surface area contributed by atoms with Gasteiger partial charge in [0.1, 0.15) is 0 Å². The topological polar surface area (TPSA) is 28.2 Å². The van der Waals surface area contributed by atoms with E-state index in [1.807, 2.05) is 13.1 Å². The van der Waals surface area contributed by atoms with Crippen molar-refractivity contribution in [3.63, 3.8) is 0 Å². The molecule has 0 spiro atoms. The Morgan fingerprint density at radius 3 is 2.59 bits per heavy atom. The molecule has 0 amide bonds. The summed E-state index contributed by atoms with van der Waals surface area (Å²) in [5.41, 5.74) is 4.70. The summed E-state index contributed by atoms with van der Waals surface area (Å²) < 4.78 is 0. The molecule has 0 bridgehead atoms. The summed E-state index contributed by atoms with van der Waals surface area (Å²) in [6, 6.07) is 8.30. The van der Waals surface area contributed by atoms with Crippen molar-refractivity contribution in [3.05, 3.63) is 35.5 Å². The van der Waals surface area contributed by atoms with E-state index in [0.717, 1.165) is 17.8 Å². The van der Waals surface area contributed by atoms with E-state index in [4.69, 9.17) is 0 Å². The van der Waals surface area contributed by atoms with Crippen LogP contribution in [0.4, 0.5) is 5.69 Å². The van der Waals surface area contributed by atoms with Gasteiger partial charge >= 0.3 is 0 Å². The number of aryl methyl sites for hydroxylation is 1. The lowest BCUT2D eigenvalue weighted by Crippen LogP contribution is -2.17. The van der Waals surface area contributed by atoms with Crippen LogP contribution < -0.4 is 10.2 Å². The van der Waals surface area contributed by atoms with Gasteiger partial charge in [-0.2, -0.15) is 0 Å². The molecule has 1 aromatic carbocycles. The average Bonchev–Trinajstić information content (AvgIpc) is 2.29. The summed E-state index contributed by atoms with van der Waals surface area (Å²) in [4.78, 5) is 6.84. The number of fused-ring (bicyclic) bond motifs is 1. The third-order valence-electron chi connectivity index (χ3n) is 2.97. The summed E-state index contributed by atoms with van der Waals surface area (Å²) in [7, 11) is 6.13. The lowest BCUT2D eigenvalue weighted by atomic mass is 10.1. The van der Waals surface area contributed by atoms with Crippen molar-refractivity contribution in [1.29, 1.82) is 0 Å². The minimum atomic E-state index is 0.844. The quantitative estimate of drug-likeness (QED) is 0.875. The predicted molar refractivity (Wildman–Crippen MR) is 73.6 cm³/mol. The largest absolute Gasteiger partial charge is 0.377 e. The molecule has 0 atom stereocenters. The van der Waals surface area contributed by atoms with Crippen molar-refractivity contribution in [2.45, 2.75) is 13.5 Å². The molecule has 0 radical (unpaired) electrons. The summed E-state index contributed by atoms with van der Waals surface area (Å²) in [6.45, 7) is 2.92. The van der Waals surface area contributed by atoms with E-state index in [1.54, 1.807) is 0 Å². The summed E-state index contributed by atoms with van der Waals surface area (Å²) >= 11 is 0. The molecular formula is C14H19N3. The van der Waals surface area contributed by atoms with Crippen molar-refractivity contribution in [1.82, 2.24) is 10.3 Å². The zero-order valence-corrected chi connectivity index (χ0v) is 10.9. The number of aromatic nitrogens is 1. The molecule has 3 nitrogen and oxygen atoms in total. The first-order valence-electron chi connectivity index (χ1n) is 5.85. The zero-order chi connectivity index (χ0) is 12.4. The summed E-state index contributed by atoms with van der Waals surface area (Å²) in [6.07, 6.45) is 0. The number of nitrogens with one attached hydrogen (secondary N) is 1. The van der Waals surface area contributed by atoms with Crippen LogP contribution in [0.3, 0.4) is 0 Å². The zero-order valence-electron chi connectivity index (χ0n) is 10.9. The van der Waals surface area contributed by atoms with Gasteiger partial charge < -0.3 is 10.2 Å². The fraction of sp³-hybridized carbons (Fsp3) is 0.357. The van der Waals surface area contributed by atoms with Gasteiger partial charge in [-0.1, -0.05) is 18.2 Å². The normalized spacial score (nSPS) is 10.8. The number of hydrogen-bond donors (Lipinski definition) is 1. The second kappa shape index (κ2) is 4.72. The predicted octanol–water partition coefficient (Wildman–Crippen LogP) is 2.33. The third kappa shape index (κ3) is 2.11. The minimum absolute atomic E-state index is 0.844. The highest BCUT2D eigenvalue weighted by Gasteiger charge is 2.13. The fourth-order valence-electron chi connectivity index (χ4n) is 2.25. The van der Waals surface area contributed by atoms with Crippen LogP contribution in [0.2, 0.25) is 0 Å². The smallest absolute Gasteiger partial charge is 0.0726 e. The number of para-hydroxylation sites is 1. The van der Waals surface area contributed by atoms with Gasteiger partial charge in [0.05, 0.1) is 11.2 Å². The first kappa shape index (κ1) is 11.9. The molecule has 2 rings (SSSR count). The number of benzene rings is 1. The minimum Gasteiger partial charge on any atom is -0.377 e. The first-order valence-corrected chi connectivity index (χ1v) is 5.85. The van der Waals surface area contributed by atoms with E-state index in [1.165, 1.54) is 16.6 Å². The molecule has 0 unspecified atom stereocenters. The van der Waals surface area contributed by atoms with Crippen molar-refractivity contribution in [3.8, 4) is 0 Å². The molecule has 0 saturated heterocycles. The number of hydrogen-bond acceptors (Lipinski definition) is 3. The number of nitrogens with zero attached hydrogens (tertiary/aromatic N) is 2. The Hall–Kier alpha value is -1.61. The Kier molecular flexibility index (Phi) is 3.29. The maximum atomic E-state index is 4.67. The molecule has 0 aliphatic heterocycles. The summed E-state index contributed by atoms with van der Waals surface area (Å²) in [5.74, 6) is 0. The lowest BCUT2D eigenvalue weighted by Gasteiger charge is -2.21. The van der Waals surface area contributed by atoms with E-state index in [0.29, 0.717) is 0 Å². The molecule has 17 heavy (non-hydrogen) atoms. The van der Waals surface area contributed by atoms with Crippen molar-refractivity contribution in [2.24, 2.45) is 0 Å². The van der Waals surface area contributed by atoms with E-state index < -0.39 is 0 Å². The third-order valence-corrected chi connectivity index (χ3v) is 2.97.